The molecule has 2 aromatic carbocycles. The lowest BCUT2D eigenvalue weighted by molar-refractivity contribution is -0.115. The molecule has 26 heavy (non-hydrogen) atoms. The summed E-state index contributed by atoms with van der Waals surface area (Å²) in [6.07, 6.45) is 7.59. The van der Waals surface area contributed by atoms with Crippen molar-refractivity contribution in [1.29, 1.82) is 0 Å². The molecule has 1 aliphatic heterocycles. The minimum absolute atomic E-state index is 0.0733. The maximum Gasteiger partial charge on any atom is 0.449 e. The summed E-state index contributed by atoms with van der Waals surface area (Å²) in [5.74, 6) is -0.0733. The molecule has 1 amide bonds. The number of carbonyl (C=O) groups excluding carboxylic acids is 1. The zero-order chi connectivity index (χ0) is 18.1. The molecule has 2 heterocycles. The summed E-state index contributed by atoms with van der Waals surface area (Å²) in [5.41, 5.74) is 3.47. The van der Waals surface area contributed by atoms with E-state index in [1.807, 2.05) is 61.8 Å². The van der Waals surface area contributed by atoms with Crippen LogP contribution in [0.25, 0.3) is 16.8 Å². The van der Waals surface area contributed by atoms with E-state index < -0.39 is 7.05 Å². The molecule has 0 unspecified atom stereocenters. The van der Waals surface area contributed by atoms with Gasteiger partial charge in [-0.1, -0.05) is 24.3 Å². The third-order valence-electron chi connectivity index (χ3n) is 4.59. The number of benzene rings is 2. The van der Waals surface area contributed by atoms with Gasteiger partial charge in [-0.25, -0.2) is 0 Å². The summed E-state index contributed by atoms with van der Waals surface area (Å²) in [4.78, 5) is 18.2. The van der Waals surface area contributed by atoms with E-state index in [-0.39, 0.29) is 12.3 Å². The van der Waals surface area contributed by atoms with Crippen LogP contribution in [0.5, 0.6) is 0 Å². The molecule has 0 saturated carbocycles. The summed E-state index contributed by atoms with van der Waals surface area (Å²) >= 11 is 0. The summed E-state index contributed by atoms with van der Waals surface area (Å²) in [5, 5.41) is 15.2. The molecular formula is C20H18BN3O2. The fourth-order valence-electron chi connectivity index (χ4n) is 3.16. The van der Waals surface area contributed by atoms with Gasteiger partial charge in [-0.3, -0.25) is 9.78 Å². The van der Waals surface area contributed by atoms with Crippen LogP contribution in [0.3, 0.4) is 0 Å². The highest BCUT2D eigenvalue weighted by Crippen LogP contribution is 2.18. The van der Waals surface area contributed by atoms with Crippen LogP contribution in [0, 0.1) is 0 Å². The number of nitrogens with zero attached hydrogens (tertiary/aromatic N) is 2. The number of pyridine rings is 1. The van der Waals surface area contributed by atoms with E-state index in [1.165, 1.54) is 0 Å². The van der Waals surface area contributed by atoms with Gasteiger partial charge in [0.1, 0.15) is 0 Å². The van der Waals surface area contributed by atoms with Crippen LogP contribution in [-0.2, 0) is 11.2 Å². The Kier molecular flexibility index (Phi) is 4.18. The van der Waals surface area contributed by atoms with Crippen LogP contribution in [0.1, 0.15) is 11.1 Å². The van der Waals surface area contributed by atoms with Crippen molar-refractivity contribution < 1.29 is 9.82 Å². The van der Waals surface area contributed by atoms with E-state index in [9.17, 15) is 9.82 Å². The summed E-state index contributed by atoms with van der Waals surface area (Å²) in [6.45, 7) is 0. The average molecular weight is 343 g/mol. The normalized spacial score (nSPS) is 13.0. The number of amides is 1. The Labute approximate surface area is 152 Å². The zero-order valence-corrected chi connectivity index (χ0v) is 14.4. The van der Waals surface area contributed by atoms with E-state index in [1.54, 1.807) is 17.2 Å². The Morgan fingerprint density at radius 2 is 2.08 bits per heavy atom. The molecule has 1 aromatic heterocycles. The van der Waals surface area contributed by atoms with Crippen molar-refractivity contribution in [2.24, 2.45) is 0 Å². The summed E-state index contributed by atoms with van der Waals surface area (Å²) in [6, 6.07) is 13.4. The Hall–Kier alpha value is -3.12. The van der Waals surface area contributed by atoms with Gasteiger partial charge in [0, 0.05) is 23.5 Å². The Balaban J connectivity index is 1.49. The molecule has 0 fully saturated rings. The van der Waals surface area contributed by atoms with Crippen LogP contribution in [0.15, 0.2) is 61.1 Å². The zero-order valence-electron chi connectivity index (χ0n) is 14.4. The first-order chi connectivity index (χ1) is 12.6. The molecule has 3 aromatic rings. The number of aromatic nitrogens is 1. The molecule has 0 aliphatic carbocycles. The third kappa shape index (κ3) is 3.19. The highest BCUT2D eigenvalue weighted by Gasteiger charge is 2.24. The second-order valence-electron chi connectivity index (χ2n) is 6.48. The lowest BCUT2D eigenvalue weighted by Gasteiger charge is -2.24. The summed E-state index contributed by atoms with van der Waals surface area (Å²) in [7, 11) is 1.18. The molecule has 0 radical (unpaired) electrons. The predicted molar refractivity (Wildman–Crippen MR) is 105 cm³/mol. The second kappa shape index (κ2) is 6.65. The molecule has 0 bridgehead atoms. The van der Waals surface area contributed by atoms with E-state index >= 15 is 0 Å². The fraction of sp³-hybridized carbons (Fsp3) is 0.100. The van der Waals surface area contributed by atoms with Gasteiger partial charge < -0.3 is 15.2 Å². The topological polar surface area (TPSA) is 65.5 Å². The molecule has 5 nitrogen and oxygen atoms in total. The SMILES string of the molecule is CN1C=Cc2cc(CC(=O)Nc3ccc4cnccc4c3)ccc2B1O. The maximum atomic E-state index is 12.4. The molecule has 0 atom stereocenters. The number of hydrogen-bond donors (Lipinski definition) is 2. The van der Waals surface area contributed by atoms with E-state index in [2.05, 4.69) is 10.3 Å². The number of nitrogens with one attached hydrogen (secondary N) is 1. The van der Waals surface area contributed by atoms with Gasteiger partial charge in [-0.05, 0) is 59.5 Å². The van der Waals surface area contributed by atoms with Gasteiger partial charge in [0.2, 0.25) is 5.91 Å². The summed E-state index contributed by atoms with van der Waals surface area (Å²) < 4.78 is 0. The predicted octanol–water partition coefficient (Wildman–Crippen LogP) is 2.02. The van der Waals surface area contributed by atoms with Crippen LogP contribution < -0.4 is 10.8 Å². The number of rotatable bonds is 3. The van der Waals surface area contributed by atoms with Crippen molar-refractivity contribution in [1.82, 2.24) is 9.79 Å². The van der Waals surface area contributed by atoms with Crippen LogP contribution in [0.4, 0.5) is 5.69 Å². The molecular weight excluding hydrogens is 325 g/mol. The Morgan fingerprint density at radius 1 is 1.19 bits per heavy atom. The van der Waals surface area contributed by atoms with E-state index in [0.717, 1.165) is 33.0 Å². The second-order valence-corrected chi connectivity index (χ2v) is 6.48. The molecule has 2 N–H and O–H groups in total. The van der Waals surface area contributed by atoms with Crippen LogP contribution >= 0.6 is 0 Å². The van der Waals surface area contributed by atoms with E-state index in [4.69, 9.17) is 0 Å². The van der Waals surface area contributed by atoms with Crippen LogP contribution in [-0.4, -0.2) is 34.8 Å². The van der Waals surface area contributed by atoms with Gasteiger partial charge in [0.25, 0.3) is 0 Å². The first kappa shape index (κ1) is 16.4. The van der Waals surface area contributed by atoms with Crippen molar-refractivity contribution >= 4 is 41.0 Å². The number of hydrogen-bond acceptors (Lipinski definition) is 4. The highest BCUT2D eigenvalue weighted by atomic mass is 16.2. The average Bonchev–Trinajstić information content (AvgIpc) is 2.64. The molecule has 128 valence electrons. The molecule has 4 rings (SSSR count). The number of fused-ring (bicyclic) bond motifs is 2. The lowest BCUT2D eigenvalue weighted by Crippen LogP contribution is -2.46. The lowest BCUT2D eigenvalue weighted by atomic mass is 9.68. The quantitative estimate of drug-likeness (QED) is 0.714. The van der Waals surface area contributed by atoms with Crippen molar-refractivity contribution in [3.05, 3.63) is 72.2 Å². The molecule has 0 spiro atoms. The molecule has 1 aliphatic rings. The van der Waals surface area contributed by atoms with Gasteiger partial charge in [-0.15, -0.1) is 0 Å². The van der Waals surface area contributed by atoms with Gasteiger partial charge in [0.05, 0.1) is 6.42 Å². The van der Waals surface area contributed by atoms with Crippen molar-refractivity contribution in [2.75, 3.05) is 12.4 Å². The minimum Gasteiger partial charge on any atom is -0.429 e. The smallest absolute Gasteiger partial charge is 0.429 e. The Morgan fingerprint density at radius 3 is 2.96 bits per heavy atom. The highest BCUT2D eigenvalue weighted by molar-refractivity contribution is 6.65. The maximum absolute atomic E-state index is 12.4. The monoisotopic (exact) mass is 343 g/mol. The third-order valence-corrected chi connectivity index (χ3v) is 4.59. The number of anilines is 1. The first-order valence-electron chi connectivity index (χ1n) is 8.45. The fourth-order valence-corrected chi connectivity index (χ4v) is 3.16. The Bertz CT molecular complexity index is 1020. The van der Waals surface area contributed by atoms with Crippen LogP contribution in [0.2, 0.25) is 0 Å². The van der Waals surface area contributed by atoms with Gasteiger partial charge >= 0.3 is 7.05 Å². The van der Waals surface area contributed by atoms with Crippen molar-refractivity contribution in [2.45, 2.75) is 6.42 Å². The molecule has 6 heteroatoms. The first-order valence-corrected chi connectivity index (χ1v) is 8.45. The standard InChI is InChI=1S/C20H18BN3O2/c1-24-9-7-16-10-14(2-5-19(16)21(24)26)11-20(25)23-18-4-3-17-13-22-8-6-15(17)12-18/h2-10,12-13,26H,11H2,1H3,(H,23,25). The van der Waals surface area contributed by atoms with Gasteiger partial charge in [-0.2, -0.15) is 0 Å². The molecule has 0 saturated heterocycles. The minimum atomic E-state index is -0.648. The van der Waals surface area contributed by atoms with E-state index in [0.29, 0.717) is 0 Å². The van der Waals surface area contributed by atoms with Gasteiger partial charge in [0.15, 0.2) is 0 Å². The largest absolute Gasteiger partial charge is 0.449 e. The van der Waals surface area contributed by atoms with Crippen molar-refractivity contribution in [3.63, 3.8) is 0 Å². The number of carbonyl (C=O) groups is 1. The van der Waals surface area contributed by atoms with Crippen molar-refractivity contribution in [3.8, 4) is 0 Å².